The van der Waals surface area contributed by atoms with Crippen LogP contribution in [0.4, 0.5) is 34.1 Å². The van der Waals surface area contributed by atoms with E-state index in [0.717, 1.165) is 88.8 Å². The standard InChI is InChI=1S/C69H42N2O2/c1-3-21-43(22-4-1)70(57-35-19-39-63-67(57)51-31-13-17-37-61(51)72-63)59-41-55-65(49-29-9-7-27-47(49)59)66-50-30-10-8-28-48(50)60(42-56(66)69(55)53-33-15-11-25-45(53)46-26-12-16-34-54(46)69)71(44-23-5-2-6-24-44)58-36-20-40-64-68(58)52-32-14-18-38-62(52)73-64/h1-42H. The van der Waals surface area contributed by atoms with Crippen LogP contribution in [0.15, 0.2) is 264 Å². The Morgan fingerprint density at radius 3 is 1.07 bits per heavy atom. The number of anilines is 6. The Morgan fingerprint density at radius 2 is 0.616 bits per heavy atom. The highest BCUT2D eigenvalue weighted by Crippen LogP contribution is 2.67. The maximum Gasteiger partial charge on any atom is 0.137 e. The molecule has 2 aromatic heterocycles. The maximum atomic E-state index is 6.61. The number of hydrogen-bond donors (Lipinski definition) is 0. The molecule has 1 spiro atoms. The van der Waals surface area contributed by atoms with Crippen LogP contribution in [0.5, 0.6) is 0 Å². The van der Waals surface area contributed by atoms with Gasteiger partial charge in [-0.1, -0.05) is 182 Å². The molecule has 2 aliphatic carbocycles. The molecule has 0 saturated heterocycles. The Kier molecular flexibility index (Phi) is 8.35. The van der Waals surface area contributed by atoms with Crippen LogP contribution in [-0.2, 0) is 5.41 Å². The molecule has 14 aromatic rings. The molecular formula is C69H42N2O2. The SMILES string of the molecule is c1ccc(N(c2cc3c(c4ccccc24)-c2c(cc(N(c4ccccc4)c4cccc5oc6ccccc6c45)c4ccccc24)C32c3ccccc3-c3ccccc32)c2cccc3oc4ccccc4c23)cc1. The highest BCUT2D eigenvalue weighted by molar-refractivity contribution is 6.22. The largest absolute Gasteiger partial charge is 0.456 e. The van der Waals surface area contributed by atoms with Crippen LogP contribution in [0.3, 0.4) is 0 Å². The van der Waals surface area contributed by atoms with E-state index < -0.39 is 5.41 Å². The first-order valence-electron chi connectivity index (χ1n) is 25.1. The summed E-state index contributed by atoms with van der Waals surface area (Å²) in [7, 11) is 0. The predicted molar refractivity (Wildman–Crippen MR) is 302 cm³/mol. The molecule has 4 nitrogen and oxygen atoms in total. The molecule has 0 radical (unpaired) electrons. The summed E-state index contributed by atoms with van der Waals surface area (Å²) in [6.45, 7) is 0. The van der Waals surface area contributed by atoms with E-state index in [9.17, 15) is 0 Å². The first-order valence-corrected chi connectivity index (χ1v) is 25.1. The molecule has 0 aliphatic heterocycles. The molecule has 0 unspecified atom stereocenters. The summed E-state index contributed by atoms with van der Waals surface area (Å²) in [5, 5.41) is 9.06. The Labute approximate surface area is 420 Å². The van der Waals surface area contributed by atoms with Gasteiger partial charge in [-0.2, -0.15) is 0 Å². The van der Waals surface area contributed by atoms with Gasteiger partial charge in [0.25, 0.3) is 0 Å². The highest BCUT2D eigenvalue weighted by atomic mass is 16.3. The zero-order valence-corrected chi connectivity index (χ0v) is 39.5. The summed E-state index contributed by atoms with van der Waals surface area (Å²) in [4.78, 5) is 4.96. The molecule has 0 fully saturated rings. The van der Waals surface area contributed by atoms with E-state index in [1.165, 1.54) is 55.3 Å². The molecule has 16 rings (SSSR count). The minimum atomic E-state index is -0.719. The Hall–Kier alpha value is -9.64. The van der Waals surface area contributed by atoms with Gasteiger partial charge in [-0.15, -0.1) is 0 Å². The van der Waals surface area contributed by atoms with Crippen molar-refractivity contribution in [1.29, 1.82) is 0 Å². The van der Waals surface area contributed by atoms with Gasteiger partial charge in [0.2, 0.25) is 0 Å². The maximum absolute atomic E-state index is 6.61. The van der Waals surface area contributed by atoms with Gasteiger partial charge in [0.1, 0.15) is 22.3 Å². The lowest BCUT2D eigenvalue weighted by molar-refractivity contribution is 0.668. The number of hydrogen-bond acceptors (Lipinski definition) is 4. The summed E-state index contributed by atoms with van der Waals surface area (Å²) in [6, 6.07) is 93.1. The van der Waals surface area contributed by atoms with E-state index in [1.54, 1.807) is 0 Å². The predicted octanol–water partition coefficient (Wildman–Crippen LogP) is 19.1. The fourth-order valence-corrected chi connectivity index (χ4v) is 13.0. The van der Waals surface area contributed by atoms with Gasteiger partial charge >= 0.3 is 0 Å². The van der Waals surface area contributed by atoms with Crippen LogP contribution in [0.25, 0.3) is 87.7 Å². The minimum Gasteiger partial charge on any atom is -0.456 e. The molecule has 2 heterocycles. The topological polar surface area (TPSA) is 32.8 Å². The van der Waals surface area contributed by atoms with Gasteiger partial charge in [-0.3, -0.25) is 0 Å². The van der Waals surface area contributed by atoms with E-state index in [1.807, 2.05) is 0 Å². The minimum absolute atomic E-state index is 0.719. The van der Waals surface area contributed by atoms with Crippen molar-refractivity contribution >= 4 is 99.5 Å². The van der Waals surface area contributed by atoms with Crippen molar-refractivity contribution in [2.75, 3.05) is 9.80 Å². The van der Waals surface area contributed by atoms with Crippen molar-refractivity contribution in [2.24, 2.45) is 0 Å². The Bertz CT molecular complexity index is 4290. The van der Waals surface area contributed by atoms with Crippen molar-refractivity contribution in [3.8, 4) is 22.3 Å². The quantitative estimate of drug-likeness (QED) is 0.166. The lowest BCUT2D eigenvalue weighted by Gasteiger charge is -2.34. The lowest BCUT2D eigenvalue weighted by Crippen LogP contribution is -2.26. The normalized spacial score (nSPS) is 13.0. The molecule has 2 aliphatic rings. The van der Waals surface area contributed by atoms with Gasteiger partial charge in [-0.05, 0) is 128 Å². The van der Waals surface area contributed by atoms with Gasteiger partial charge in [0.15, 0.2) is 0 Å². The second-order valence-corrected chi connectivity index (χ2v) is 19.4. The highest BCUT2D eigenvalue weighted by Gasteiger charge is 2.53. The number of para-hydroxylation sites is 4. The van der Waals surface area contributed by atoms with Gasteiger partial charge < -0.3 is 18.6 Å². The molecule has 0 amide bonds. The second-order valence-electron chi connectivity index (χ2n) is 19.4. The third kappa shape index (κ3) is 5.44. The number of fused-ring (bicyclic) bond motifs is 20. The van der Waals surface area contributed by atoms with Crippen LogP contribution in [0.2, 0.25) is 0 Å². The number of benzene rings is 12. The smallest absolute Gasteiger partial charge is 0.137 e. The zero-order valence-electron chi connectivity index (χ0n) is 39.5. The summed E-state index contributed by atoms with van der Waals surface area (Å²) in [6.07, 6.45) is 0. The molecule has 340 valence electrons. The van der Waals surface area contributed by atoms with Crippen LogP contribution in [-0.4, -0.2) is 0 Å². The van der Waals surface area contributed by atoms with Crippen LogP contribution in [0.1, 0.15) is 22.3 Å². The first-order chi connectivity index (χ1) is 36.3. The summed E-state index contributed by atoms with van der Waals surface area (Å²) in [5.41, 5.74) is 19.3. The van der Waals surface area contributed by atoms with Gasteiger partial charge in [-0.25, -0.2) is 0 Å². The average Bonchev–Trinajstić information content (AvgIpc) is 4.21. The van der Waals surface area contributed by atoms with Crippen LogP contribution < -0.4 is 9.80 Å². The third-order valence-corrected chi connectivity index (χ3v) is 15.8. The van der Waals surface area contributed by atoms with Gasteiger partial charge in [0, 0.05) is 32.9 Å². The van der Waals surface area contributed by atoms with Crippen molar-refractivity contribution in [3.05, 3.63) is 277 Å². The molecular weight excluding hydrogens is 889 g/mol. The van der Waals surface area contributed by atoms with E-state index in [4.69, 9.17) is 8.83 Å². The molecule has 0 bridgehead atoms. The summed E-state index contributed by atoms with van der Waals surface area (Å²) < 4.78 is 13.2. The van der Waals surface area contributed by atoms with E-state index in [2.05, 4.69) is 265 Å². The fraction of sp³-hybridized carbons (Fsp3) is 0.0145. The van der Waals surface area contributed by atoms with Crippen molar-refractivity contribution < 1.29 is 8.83 Å². The molecule has 0 atom stereocenters. The van der Waals surface area contributed by atoms with Crippen molar-refractivity contribution in [1.82, 2.24) is 0 Å². The molecule has 0 N–H and O–H groups in total. The first kappa shape index (κ1) is 40.1. The Morgan fingerprint density at radius 1 is 0.260 bits per heavy atom. The van der Waals surface area contributed by atoms with Crippen molar-refractivity contribution in [3.63, 3.8) is 0 Å². The molecule has 0 saturated carbocycles. The molecule has 12 aromatic carbocycles. The monoisotopic (exact) mass is 930 g/mol. The van der Waals surface area contributed by atoms with E-state index in [0.29, 0.717) is 0 Å². The van der Waals surface area contributed by atoms with Gasteiger partial charge in [0.05, 0.1) is 38.9 Å². The number of rotatable bonds is 6. The summed E-state index contributed by atoms with van der Waals surface area (Å²) in [5.74, 6) is 0. The lowest BCUT2D eigenvalue weighted by atomic mass is 9.70. The average molecular weight is 931 g/mol. The van der Waals surface area contributed by atoms with Crippen LogP contribution in [0, 0.1) is 0 Å². The van der Waals surface area contributed by atoms with Crippen LogP contribution >= 0.6 is 0 Å². The number of furan rings is 2. The fourth-order valence-electron chi connectivity index (χ4n) is 13.0. The number of nitrogens with zero attached hydrogens (tertiary/aromatic N) is 2. The second kappa shape index (κ2) is 15.2. The molecule has 4 heteroatoms. The molecule has 73 heavy (non-hydrogen) atoms. The van der Waals surface area contributed by atoms with Crippen molar-refractivity contribution in [2.45, 2.75) is 5.41 Å². The summed E-state index contributed by atoms with van der Waals surface area (Å²) >= 11 is 0. The van der Waals surface area contributed by atoms with E-state index in [-0.39, 0.29) is 0 Å². The third-order valence-electron chi connectivity index (χ3n) is 15.8. The Balaban J connectivity index is 1.07. The van der Waals surface area contributed by atoms with E-state index >= 15 is 0 Å². The zero-order chi connectivity index (χ0) is 47.8.